The highest BCUT2D eigenvalue weighted by molar-refractivity contribution is 6.30. The Kier molecular flexibility index (Phi) is 3.12. The molecule has 0 unspecified atom stereocenters. The number of hydrogen-bond acceptors (Lipinski definition) is 2. The Hall–Kier alpha value is -0.570. The van der Waals surface area contributed by atoms with Gasteiger partial charge in [0.25, 0.3) is 0 Å². The molecule has 1 N–H and O–H groups in total. The normalized spacial score (nSPS) is 24.3. The van der Waals surface area contributed by atoms with Gasteiger partial charge in [-0.05, 0) is 49.5 Å². The molecule has 2 saturated heterocycles. The van der Waals surface area contributed by atoms with Crippen molar-refractivity contribution in [2.24, 2.45) is 5.92 Å². The third kappa shape index (κ3) is 1.99. The van der Waals surface area contributed by atoms with Crippen LogP contribution < -0.4 is 5.32 Å². The SMILES string of the molecule is Clc1cccc(C2(C3CCNCC3)COC2)c1. The van der Waals surface area contributed by atoms with Crippen molar-refractivity contribution in [3.8, 4) is 0 Å². The maximum Gasteiger partial charge on any atom is 0.0588 e. The standard InChI is InChI=1S/C14H18ClNO/c15-13-3-1-2-12(8-13)14(9-17-10-14)11-4-6-16-7-5-11/h1-3,8,11,16H,4-7,9-10H2. The lowest BCUT2D eigenvalue weighted by Gasteiger charge is -2.49. The van der Waals surface area contributed by atoms with E-state index >= 15 is 0 Å². The van der Waals surface area contributed by atoms with Crippen LogP contribution in [0.4, 0.5) is 0 Å². The quantitative estimate of drug-likeness (QED) is 0.873. The smallest absolute Gasteiger partial charge is 0.0588 e. The molecule has 0 radical (unpaired) electrons. The first-order valence-corrected chi connectivity index (χ1v) is 6.74. The second-order valence-electron chi connectivity index (χ2n) is 5.18. The van der Waals surface area contributed by atoms with Crippen molar-refractivity contribution in [1.82, 2.24) is 5.32 Å². The van der Waals surface area contributed by atoms with E-state index in [1.54, 1.807) is 0 Å². The molecule has 1 aromatic carbocycles. The van der Waals surface area contributed by atoms with Crippen molar-refractivity contribution in [3.63, 3.8) is 0 Å². The summed E-state index contributed by atoms with van der Waals surface area (Å²) in [6.07, 6.45) is 2.49. The molecule has 3 rings (SSSR count). The second-order valence-corrected chi connectivity index (χ2v) is 5.62. The number of piperidine rings is 1. The molecule has 2 fully saturated rings. The average molecular weight is 252 g/mol. The zero-order chi connectivity index (χ0) is 11.7. The van der Waals surface area contributed by atoms with Crippen LogP contribution >= 0.6 is 11.6 Å². The highest BCUT2D eigenvalue weighted by atomic mass is 35.5. The van der Waals surface area contributed by atoms with Crippen molar-refractivity contribution in [3.05, 3.63) is 34.9 Å². The van der Waals surface area contributed by atoms with Gasteiger partial charge >= 0.3 is 0 Å². The zero-order valence-corrected chi connectivity index (χ0v) is 10.7. The lowest BCUT2D eigenvalue weighted by Crippen LogP contribution is -2.54. The fourth-order valence-corrected chi connectivity index (χ4v) is 3.32. The highest BCUT2D eigenvalue weighted by Gasteiger charge is 2.46. The summed E-state index contributed by atoms with van der Waals surface area (Å²) in [5, 5.41) is 4.27. The van der Waals surface area contributed by atoms with Gasteiger partial charge in [0.15, 0.2) is 0 Å². The van der Waals surface area contributed by atoms with Crippen LogP contribution in [0.25, 0.3) is 0 Å². The molecule has 0 saturated carbocycles. The molecule has 2 heterocycles. The molecule has 0 amide bonds. The molecule has 2 aliphatic rings. The minimum absolute atomic E-state index is 0.229. The Morgan fingerprint density at radius 3 is 2.59 bits per heavy atom. The Labute approximate surface area is 107 Å². The first-order valence-electron chi connectivity index (χ1n) is 6.36. The first-order chi connectivity index (χ1) is 8.31. The molecule has 3 heteroatoms. The van der Waals surface area contributed by atoms with Gasteiger partial charge in [0.1, 0.15) is 0 Å². The Balaban J connectivity index is 1.90. The minimum Gasteiger partial charge on any atom is -0.379 e. The van der Waals surface area contributed by atoms with Crippen LogP contribution in [-0.2, 0) is 10.2 Å². The van der Waals surface area contributed by atoms with Crippen molar-refractivity contribution < 1.29 is 4.74 Å². The van der Waals surface area contributed by atoms with Gasteiger partial charge in [0, 0.05) is 10.4 Å². The Morgan fingerprint density at radius 2 is 2.00 bits per heavy atom. The summed E-state index contributed by atoms with van der Waals surface area (Å²) in [4.78, 5) is 0. The molecule has 2 nitrogen and oxygen atoms in total. The molecule has 2 aliphatic heterocycles. The van der Waals surface area contributed by atoms with Crippen LogP contribution in [-0.4, -0.2) is 26.3 Å². The van der Waals surface area contributed by atoms with Crippen LogP contribution in [0, 0.1) is 5.92 Å². The number of nitrogens with one attached hydrogen (secondary N) is 1. The first kappa shape index (κ1) is 11.5. The van der Waals surface area contributed by atoms with Crippen LogP contribution in [0.1, 0.15) is 18.4 Å². The maximum absolute atomic E-state index is 6.12. The molecule has 92 valence electrons. The van der Waals surface area contributed by atoms with E-state index in [-0.39, 0.29) is 5.41 Å². The van der Waals surface area contributed by atoms with Crippen molar-refractivity contribution in [2.75, 3.05) is 26.3 Å². The van der Waals surface area contributed by atoms with Gasteiger partial charge in [-0.3, -0.25) is 0 Å². The van der Waals surface area contributed by atoms with E-state index < -0.39 is 0 Å². The molecule has 0 atom stereocenters. The summed E-state index contributed by atoms with van der Waals surface area (Å²) < 4.78 is 5.52. The van der Waals surface area contributed by atoms with E-state index in [0.29, 0.717) is 0 Å². The molecule has 0 aromatic heterocycles. The van der Waals surface area contributed by atoms with E-state index in [0.717, 1.165) is 37.2 Å². The lowest BCUT2D eigenvalue weighted by molar-refractivity contribution is -0.0963. The van der Waals surface area contributed by atoms with Crippen molar-refractivity contribution in [2.45, 2.75) is 18.3 Å². The fourth-order valence-electron chi connectivity index (χ4n) is 3.13. The van der Waals surface area contributed by atoms with Crippen LogP contribution in [0.5, 0.6) is 0 Å². The molecule has 17 heavy (non-hydrogen) atoms. The van der Waals surface area contributed by atoms with Crippen molar-refractivity contribution >= 4 is 11.6 Å². The summed E-state index contributed by atoms with van der Waals surface area (Å²) in [6, 6.07) is 8.32. The number of ether oxygens (including phenoxy) is 1. The maximum atomic E-state index is 6.12. The van der Waals surface area contributed by atoms with Crippen LogP contribution in [0.15, 0.2) is 24.3 Å². The third-order valence-corrected chi connectivity index (χ3v) is 4.47. The van der Waals surface area contributed by atoms with Crippen LogP contribution in [0.3, 0.4) is 0 Å². The fraction of sp³-hybridized carbons (Fsp3) is 0.571. The molecule has 0 bridgehead atoms. The van der Waals surface area contributed by atoms with E-state index in [1.807, 2.05) is 6.07 Å². The van der Waals surface area contributed by atoms with E-state index in [4.69, 9.17) is 16.3 Å². The van der Waals surface area contributed by atoms with Gasteiger partial charge < -0.3 is 10.1 Å². The van der Waals surface area contributed by atoms with E-state index in [9.17, 15) is 0 Å². The minimum atomic E-state index is 0.229. The van der Waals surface area contributed by atoms with Gasteiger partial charge in [-0.25, -0.2) is 0 Å². The Morgan fingerprint density at radius 1 is 1.24 bits per heavy atom. The van der Waals surface area contributed by atoms with Gasteiger partial charge in [0.2, 0.25) is 0 Å². The van der Waals surface area contributed by atoms with Crippen molar-refractivity contribution in [1.29, 1.82) is 0 Å². The summed E-state index contributed by atoms with van der Waals surface area (Å²) in [5.74, 6) is 0.732. The van der Waals surface area contributed by atoms with Gasteiger partial charge in [-0.2, -0.15) is 0 Å². The van der Waals surface area contributed by atoms with Crippen LogP contribution in [0.2, 0.25) is 5.02 Å². The average Bonchev–Trinajstić information content (AvgIpc) is 2.29. The summed E-state index contributed by atoms with van der Waals surface area (Å²) in [7, 11) is 0. The topological polar surface area (TPSA) is 21.3 Å². The summed E-state index contributed by atoms with van der Waals surface area (Å²) >= 11 is 6.12. The largest absolute Gasteiger partial charge is 0.379 e. The van der Waals surface area contributed by atoms with E-state index in [2.05, 4.69) is 23.5 Å². The number of hydrogen-bond donors (Lipinski definition) is 1. The van der Waals surface area contributed by atoms with Gasteiger partial charge in [-0.1, -0.05) is 23.7 Å². The van der Waals surface area contributed by atoms with Gasteiger partial charge in [-0.15, -0.1) is 0 Å². The predicted molar refractivity (Wildman–Crippen MR) is 69.5 cm³/mol. The highest BCUT2D eigenvalue weighted by Crippen LogP contribution is 2.43. The molecule has 0 aliphatic carbocycles. The molecule has 0 spiro atoms. The molecular formula is C14H18ClNO. The van der Waals surface area contributed by atoms with Gasteiger partial charge in [0.05, 0.1) is 13.2 Å². The number of rotatable bonds is 2. The Bertz CT molecular complexity index is 397. The lowest BCUT2D eigenvalue weighted by atomic mass is 9.65. The second kappa shape index (κ2) is 4.60. The molecular weight excluding hydrogens is 234 g/mol. The third-order valence-electron chi connectivity index (χ3n) is 4.24. The summed E-state index contributed by atoms with van der Waals surface area (Å²) in [5.41, 5.74) is 1.59. The summed E-state index contributed by atoms with van der Waals surface area (Å²) in [6.45, 7) is 3.98. The number of halogens is 1. The van der Waals surface area contributed by atoms with E-state index in [1.165, 1.54) is 18.4 Å². The predicted octanol–water partition coefficient (Wildman–Crippen LogP) is 2.61. The monoisotopic (exact) mass is 251 g/mol. The zero-order valence-electron chi connectivity index (χ0n) is 9.92. The number of benzene rings is 1. The molecule has 1 aromatic rings.